The van der Waals surface area contributed by atoms with Gasteiger partial charge in [-0.2, -0.15) is 0 Å². The molecule has 1 fully saturated rings. The van der Waals surface area contributed by atoms with Crippen LogP contribution in [-0.2, 0) is 6.54 Å². The molecule has 2 N–H and O–H groups in total. The van der Waals surface area contributed by atoms with E-state index in [2.05, 4.69) is 6.92 Å². The lowest BCUT2D eigenvalue weighted by molar-refractivity contribution is -0.922. The van der Waals surface area contributed by atoms with Gasteiger partial charge in [0.25, 0.3) is 0 Å². The van der Waals surface area contributed by atoms with Crippen molar-refractivity contribution in [2.24, 2.45) is 5.92 Å². The molecule has 0 aromatic heterocycles. The lowest BCUT2D eigenvalue weighted by atomic mass is 9.99. The first-order chi connectivity index (χ1) is 9.65. The second kappa shape index (κ2) is 5.63. The van der Waals surface area contributed by atoms with Gasteiger partial charge in [-0.05, 0) is 18.9 Å². The maximum atomic E-state index is 10.5. The fourth-order valence-electron chi connectivity index (χ4n) is 3.33. The van der Waals surface area contributed by atoms with Gasteiger partial charge in [0, 0.05) is 21.7 Å². The van der Waals surface area contributed by atoms with Gasteiger partial charge in [-0.15, -0.1) is 0 Å². The second-order valence-corrected chi connectivity index (χ2v) is 6.45. The van der Waals surface area contributed by atoms with Crippen molar-refractivity contribution in [3.63, 3.8) is 0 Å². The van der Waals surface area contributed by atoms with E-state index < -0.39 is 0 Å². The molecule has 1 unspecified atom stereocenters. The largest absolute Gasteiger partial charge is 0.507 e. The van der Waals surface area contributed by atoms with Crippen LogP contribution < -0.4 is 4.90 Å². The highest BCUT2D eigenvalue weighted by Gasteiger charge is 2.21. The van der Waals surface area contributed by atoms with Gasteiger partial charge in [0.1, 0.15) is 12.3 Å². The number of halogens is 1. The predicted octanol–water partition coefficient (Wildman–Crippen LogP) is 3.01. The van der Waals surface area contributed by atoms with Gasteiger partial charge in [0.05, 0.1) is 18.7 Å². The summed E-state index contributed by atoms with van der Waals surface area (Å²) in [6.07, 6.45) is 2.60. The number of aromatic hydroxyl groups is 1. The van der Waals surface area contributed by atoms with E-state index in [1.54, 1.807) is 4.90 Å². The minimum atomic E-state index is 0.399. The van der Waals surface area contributed by atoms with E-state index in [1.807, 2.05) is 30.3 Å². The zero-order chi connectivity index (χ0) is 14.1. The molecule has 2 aromatic carbocycles. The number of nitrogens with one attached hydrogen (secondary N) is 1. The molecular weight excluding hydrogens is 270 g/mol. The summed E-state index contributed by atoms with van der Waals surface area (Å²) in [6.45, 7) is 5.55. The van der Waals surface area contributed by atoms with Gasteiger partial charge in [-0.1, -0.05) is 42.8 Å². The molecule has 1 heterocycles. The fourth-order valence-corrected chi connectivity index (χ4v) is 3.63. The van der Waals surface area contributed by atoms with E-state index in [9.17, 15) is 5.11 Å². The van der Waals surface area contributed by atoms with E-state index in [-0.39, 0.29) is 0 Å². The third-order valence-electron chi connectivity index (χ3n) is 4.35. The number of likely N-dealkylation sites (tertiary alicyclic amines) is 1. The molecule has 0 saturated carbocycles. The Morgan fingerprint density at radius 1 is 1.30 bits per heavy atom. The Balaban J connectivity index is 1.93. The highest BCUT2D eigenvalue weighted by molar-refractivity contribution is 6.35. The molecule has 0 amide bonds. The first kappa shape index (κ1) is 13.7. The molecule has 3 heteroatoms. The van der Waals surface area contributed by atoms with Crippen molar-refractivity contribution >= 4 is 22.4 Å². The van der Waals surface area contributed by atoms with Crippen LogP contribution in [0, 0.1) is 5.92 Å². The quantitative estimate of drug-likeness (QED) is 0.873. The first-order valence-electron chi connectivity index (χ1n) is 7.38. The molecule has 2 aromatic rings. The average molecular weight is 291 g/mol. The molecule has 106 valence electrons. The van der Waals surface area contributed by atoms with Gasteiger partial charge in [-0.3, -0.25) is 0 Å². The van der Waals surface area contributed by atoms with E-state index in [0.717, 1.165) is 33.8 Å². The van der Waals surface area contributed by atoms with Crippen molar-refractivity contribution in [3.8, 4) is 5.75 Å². The highest BCUT2D eigenvalue weighted by atomic mass is 35.5. The van der Waals surface area contributed by atoms with Gasteiger partial charge < -0.3 is 10.0 Å². The summed E-state index contributed by atoms with van der Waals surface area (Å²) in [5, 5.41) is 13.0. The van der Waals surface area contributed by atoms with Crippen molar-refractivity contribution < 1.29 is 10.0 Å². The maximum Gasteiger partial charge on any atom is 0.132 e. The van der Waals surface area contributed by atoms with Crippen LogP contribution in [0.25, 0.3) is 10.8 Å². The summed E-state index contributed by atoms with van der Waals surface area (Å²) >= 11 is 6.36. The summed E-state index contributed by atoms with van der Waals surface area (Å²) in [6, 6.07) is 9.72. The van der Waals surface area contributed by atoms with Crippen LogP contribution in [0.15, 0.2) is 30.3 Å². The number of piperidine rings is 1. The van der Waals surface area contributed by atoms with Crippen molar-refractivity contribution in [2.75, 3.05) is 13.1 Å². The van der Waals surface area contributed by atoms with Crippen LogP contribution in [0.2, 0.25) is 5.02 Å². The van der Waals surface area contributed by atoms with Crippen LogP contribution in [0.5, 0.6) is 5.75 Å². The fraction of sp³-hybridized carbons (Fsp3) is 0.412. The van der Waals surface area contributed by atoms with Crippen LogP contribution in [0.1, 0.15) is 25.3 Å². The molecule has 3 rings (SSSR count). The van der Waals surface area contributed by atoms with Crippen LogP contribution >= 0.6 is 11.6 Å². The van der Waals surface area contributed by atoms with Crippen molar-refractivity contribution in [2.45, 2.75) is 26.3 Å². The number of phenols is 1. The van der Waals surface area contributed by atoms with Gasteiger partial charge in [0.15, 0.2) is 0 Å². The minimum Gasteiger partial charge on any atom is -0.507 e. The normalized spacial score (nSPS) is 23.1. The Bertz CT molecular complexity index is 626. The van der Waals surface area contributed by atoms with Gasteiger partial charge in [0.2, 0.25) is 0 Å². The van der Waals surface area contributed by atoms with Crippen molar-refractivity contribution in [1.82, 2.24) is 0 Å². The number of phenolic OH excluding ortho intramolecular Hbond substituents is 1. The molecule has 2 nitrogen and oxygen atoms in total. The molecule has 1 saturated heterocycles. The number of fused-ring (bicyclic) bond motifs is 1. The van der Waals surface area contributed by atoms with E-state index in [4.69, 9.17) is 11.6 Å². The Hall–Kier alpha value is -1.25. The Labute approximate surface area is 125 Å². The van der Waals surface area contributed by atoms with Gasteiger partial charge >= 0.3 is 0 Å². The van der Waals surface area contributed by atoms with E-state index in [1.165, 1.54) is 25.9 Å². The second-order valence-electron chi connectivity index (χ2n) is 6.04. The molecular formula is C17H21ClNO+. The molecule has 0 radical (unpaired) electrons. The number of hydrogen-bond donors (Lipinski definition) is 2. The minimum absolute atomic E-state index is 0.399. The Kier molecular flexibility index (Phi) is 3.86. The summed E-state index contributed by atoms with van der Waals surface area (Å²) < 4.78 is 0. The third kappa shape index (κ3) is 2.63. The van der Waals surface area contributed by atoms with Crippen LogP contribution in [0.3, 0.4) is 0 Å². The number of hydrogen-bond acceptors (Lipinski definition) is 1. The summed E-state index contributed by atoms with van der Waals surface area (Å²) in [4.78, 5) is 1.55. The third-order valence-corrected chi connectivity index (χ3v) is 4.66. The Morgan fingerprint density at radius 3 is 2.80 bits per heavy atom. The lowest BCUT2D eigenvalue weighted by Gasteiger charge is -2.28. The first-order valence-corrected chi connectivity index (χ1v) is 7.75. The SMILES string of the molecule is C[C@@H]1CCC[NH+](Cc2cc(Cl)c3ccccc3c2O)C1. The summed E-state index contributed by atoms with van der Waals surface area (Å²) in [5.41, 5.74) is 0.970. The van der Waals surface area contributed by atoms with Crippen LogP contribution in [-0.4, -0.2) is 18.2 Å². The van der Waals surface area contributed by atoms with Gasteiger partial charge in [-0.25, -0.2) is 0 Å². The lowest BCUT2D eigenvalue weighted by Crippen LogP contribution is -3.12. The average Bonchev–Trinajstić information content (AvgIpc) is 2.45. The van der Waals surface area contributed by atoms with E-state index in [0.29, 0.717) is 5.75 Å². The molecule has 0 aliphatic carbocycles. The molecule has 1 aliphatic heterocycles. The summed E-state index contributed by atoms with van der Waals surface area (Å²) in [7, 11) is 0. The number of benzene rings is 2. The zero-order valence-electron chi connectivity index (χ0n) is 11.8. The molecule has 2 atom stereocenters. The molecule has 1 aliphatic rings. The van der Waals surface area contributed by atoms with Crippen LogP contribution in [0.4, 0.5) is 0 Å². The van der Waals surface area contributed by atoms with Crippen molar-refractivity contribution in [3.05, 3.63) is 40.9 Å². The molecule has 20 heavy (non-hydrogen) atoms. The smallest absolute Gasteiger partial charge is 0.132 e. The number of quaternary nitrogens is 1. The zero-order valence-corrected chi connectivity index (χ0v) is 12.6. The van der Waals surface area contributed by atoms with E-state index >= 15 is 0 Å². The standard InChI is InChI=1S/C17H20ClNO/c1-12-5-4-8-19(10-12)11-13-9-16(18)14-6-2-3-7-15(14)17(13)20/h2-3,6-7,9,12,20H,4-5,8,10-11H2,1H3/p+1/t12-/m1/s1. The maximum absolute atomic E-state index is 10.5. The highest BCUT2D eigenvalue weighted by Crippen LogP contribution is 2.33. The predicted molar refractivity (Wildman–Crippen MR) is 83.4 cm³/mol. The topological polar surface area (TPSA) is 24.7 Å². The monoisotopic (exact) mass is 290 g/mol. The van der Waals surface area contributed by atoms with Crippen molar-refractivity contribution in [1.29, 1.82) is 0 Å². The summed E-state index contributed by atoms with van der Waals surface area (Å²) in [5.74, 6) is 1.17. The number of rotatable bonds is 2. The molecule has 0 spiro atoms. The molecule has 0 bridgehead atoms. The Morgan fingerprint density at radius 2 is 2.05 bits per heavy atom.